The fourth-order valence-corrected chi connectivity index (χ4v) is 3.67. The van der Waals surface area contributed by atoms with E-state index < -0.39 is 0 Å². The summed E-state index contributed by atoms with van der Waals surface area (Å²) in [5, 5.41) is 6.84. The van der Waals surface area contributed by atoms with Gasteiger partial charge in [0, 0.05) is 31.3 Å². The van der Waals surface area contributed by atoms with Crippen molar-refractivity contribution < 1.29 is 14.3 Å². The van der Waals surface area contributed by atoms with Crippen molar-refractivity contribution in [2.24, 2.45) is 0 Å². The summed E-state index contributed by atoms with van der Waals surface area (Å²) in [7, 11) is 1.39. The van der Waals surface area contributed by atoms with Crippen LogP contribution in [-0.4, -0.2) is 23.7 Å². The number of carbonyl (C=O) groups excluding carboxylic acids is 2. The fourth-order valence-electron chi connectivity index (χ4n) is 3.67. The highest BCUT2D eigenvalue weighted by Crippen LogP contribution is 2.20. The van der Waals surface area contributed by atoms with E-state index in [4.69, 9.17) is 4.74 Å². The molecule has 0 bridgehead atoms. The minimum atomic E-state index is -0.337. The van der Waals surface area contributed by atoms with E-state index >= 15 is 0 Å². The van der Waals surface area contributed by atoms with Crippen LogP contribution < -0.4 is 10.6 Å². The number of amides is 2. The Bertz CT molecular complexity index is 1230. The molecule has 0 fully saturated rings. The lowest BCUT2D eigenvalue weighted by Crippen LogP contribution is -2.34. The number of urea groups is 1. The van der Waals surface area contributed by atoms with E-state index in [0.29, 0.717) is 25.2 Å². The first-order chi connectivity index (χ1) is 15.6. The molecule has 6 nitrogen and oxygen atoms in total. The average Bonchev–Trinajstić information content (AvgIpc) is 3.23. The van der Waals surface area contributed by atoms with Crippen molar-refractivity contribution >= 4 is 22.9 Å². The van der Waals surface area contributed by atoms with E-state index in [1.807, 2.05) is 72.9 Å². The van der Waals surface area contributed by atoms with Crippen LogP contribution in [0.5, 0.6) is 0 Å². The summed E-state index contributed by atoms with van der Waals surface area (Å²) in [6.07, 6.45) is 2.00. The van der Waals surface area contributed by atoms with Gasteiger partial charge in [0.25, 0.3) is 0 Å². The second-order valence-electron chi connectivity index (χ2n) is 7.51. The standard InChI is InChI=1S/C26H25N3O3/c1-32-25(30)23-10-6-5-9-22(23)18-29-14-13-21-15-20(11-12-24(21)29)17-28-26(31)27-16-19-7-3-2-4-8-19/h2-15H,16-18H2,1H3,(H2,27,28,31). The molecule has 6 heteroatoms. The molecule has 162 valence electrons. The molecule has 2 N–H and O–H groups in total. The third kappa shape index (κ3) is 4.98. The normalized spacial score (nSPS) is 10.7. The van der Waals surface area contributed by atoms with E-state index in [1.165, 1.54) is 7.11 Å². The number of methoxy groups -OCH3 is 1. The summed E-state index contributed by atoms with van der Waals surface area (Å²) in [5.41, 5.74) is 4.60. The van der Waals surface area contributed by atoms with Gasteiger partial charge in [-0.3, -0.25) is 0 Å². The van der Waals surface area contributed by atoms with E-state index in [2.05, 4.69) is 21.3 Å². The van der Waals surface area contributed by atoms with Crippen molar-refractivity contribution in [1.29, 1.82) is 0 Å². The lowest BCUT2D eigenvalue weighted by atomic mass is 10.1. The Morgan fingerprint density at radius 1 is 0.844 bits per heavy atom. The number of hydrogen-bond acceptors (Lipinski definition) is 3. The van der Waals surface area contributed by atoms with Crippen LogP contribution in [0.2, 0.25) is 0 Å². The van der Waals surface area contributed by atoms with Crippen LogP contribution >= 0.6 is 0 Å². The molecule has 3 aromatic carbocycles. The first-order valence-electron chi connectivity index (χ1n) is 10.4. The first kappa shape index (κ1) is 21.2. The minimum Gasteiger partial charge on any atom is -0.465 e. The molecule has 1 aromatic heterocycles. The van der Waals surface area contributed by atoms with Crippen molar-refractivity contribution in [2.75, 3.05) is 7.11 Å². The molecule has 0 aliphatic rings. The Hall–Kier alpha value is -4.06. The molecular formula is C26H25N3O3. The molecule has 4 aromatic rings. The quantitative estimate of drug-likeness (QED) is 0.427. The molecule has 0 radical (unpaired) electrons. The van der Waals surface area contributed by atoms with Crippen LogP contribution in [0.4, 0.5) is 4.79 Å². The van der Waals surface area contributed by atoms with E-state index in [-0.39, 0.29) is 12.0 Å². The van der Waals surface area contributed by atoms with Gasteiger partial charge in [0.15, 0.2) is 0 Å². The van der Waals surface area contributed by atoms with Gasteiger partial charge >= 0.3 is 12.0 Å². The van der Waals surface area contributed by atoms with Crippen LogP contribution in [0, 0.1) is 0 Å². The molecule has 0 saturated carbocycles. The topological polar surface area (TPSA) is 72.4 Å². The summed E-state index contributed by atoms with van der Waals surface area (Å²) in [6, 6.07) is 25.2. The number of rotatable bonds is 7. The van der Waals surface area contributed by atoms with Crippen molar-refractivity contribution in [3.05, 3.63) is 107 Å². The zero-order chi connectivity index (χ0) is 22.3. The zero-order valence-corrected chi connectivity index (χ0v) is 17.9. The number of fused-ring (bicyclic) bond motifs is 1. The van der Waals surface area contributed by atoms with Crippen LogP contribution in [0.1, 0.15) is 27.0 Å². The van der Waals surface area contributed by atoms with Gasteiger partial charge in [0.05, 0.1) is 12.7 Å². The molecule has 0 atom stereocenters. The molecular weight excluding hydrogens is 402 g/mol. The molecule has 0 saturated heterocycles. The maximum absolute atomic E-state index is 12.1. The number of nitrogens with zero attached hydrogens (tertiary/aromatic N) is 1. The number of esters is 1. The summed E-state index contributed by atoms with van der Waals surface area (Å²) >= 11 is 0. The summed E-state index contributed by atoms with van der Waals surface area (Å²) in [4.78, 5) is 24.2. The van der Waals surface area contributed by atoms with Crippen LogP contribution in [0.15, 0.2) is 85.1 Å². The van der Waals surface area contributed by atoms with Gasteiger partial charge in [0.2, 0.25) is 0 Å². The smallest absolute Gasteiger partial charge is 0.338 e. The highest BCUT2D eigenvalue weighted by molar-refractivity contribution is 5.91. The Labute approximate surface area is 186 Å². The lowest BCUT2D eigenvalue weighted by Gasteiger charge is -2.11. The van der Waals surface area contributed by atoms with Gasteiger partial charge in [0.1, 0.15) is 0 Å². The Morgan fingerprint density at radius 3 is 2.34 bits per heavy atom. The SMILES string of the molecule is COC(=O)c1ccccc1Cn1ccc2cc(CNC(=O)NCc3ccccc3)ccc21. The second kappa shape index (κ2) is 9.83. The Morgan fingerprint density at radius 2 is 1.56 bits per heavy atom. The van der Waals surface area contributed by atoms with Gasteiger partial charge in [-0.2, -0.15) is 0 Å². The molecule has 0 aliphatic carbocycles. The third-order valence-electron chi connectivity index (χ3n) is 5.35. The number of aromatic nitrogens is 1. The maximum Gasteiger partial charge on any atom is 0.338 e. The lowest BCUT2D eigenvalue weighted by molar-refractivity contribution is 0.0599. The number of ether oxygens (including phenoxy) is 1. The van der Waals surface area contributed by atoms with E-state index in [1.54, 1.807) is 6.07 Å². The fraction of sp³-hybridized carbons (Fsp3) is 0.154. The van der Waals surface area contributed by atoms with Gasteiger partial charge in [-0.05, 0) is 46.3 Å². The van der Waals surface area contributed by atoms with Crippen molar-refractivity contribution in [2.45, 2.75) is 19.6 Å². The van der Waals surface area contributed by atoms with Crippen LogP contribution in [0.3, 0.4) is 0 Å². The molecule has 1 heterocycles. The van der Waals surface area contributed by atoms with Crippen molar-refractivity contribution in [3.8, 4) is 0 Å². The number of carbonyl (C=O) groups is 2. The van der Waals surface area contributed by atoms with E-state index in [0.717, 1.165) is 27.6 Å². The summed E-state index contributed by atoms with van der Waals surface area (Å²) < 4.78 is 7.00. The van der Waals surface area contributed by atoms with Crippen LogP contribution in [-0.2, 0) is 24.4 Å². The van der Waals surface area contributed by atoms with E-state index in [9.17, 15) is 9.59 Å². The average molecular weight is 428 g/mol. The minimum absolute atomic E-state index is 0.203. The zero-order valence-electron chi connectivity index (χ0n) is 17.9. The molecule has 2 amide bonds. The van der Waals surface area contributed by atoms with Crippen LogP contribution in [0.25, 0.3) is 10.9 Å². The highest BCUT2D eigenvalue weighted by atomic mass is 16.5. The molecule has 32 heavy (non-hydrogen) atoms. The monoisotopic (exact) mass is 427 g/mol. The molecule has 0 unspecified atom stereocenters. The largest absolute Gasteiger partial charge is 0.465 e. The number of nitrogens with one attached hydrogen (secondary N) is 2. The first-order valence-corrected chi connectivity index (χ1v) is 10.4. The Balaban J connectivity index is 1.40. The van der Waals surface area contributed by atoms with Crippen molar-refractivity contribution in [1.82, 2.24) is 15.2 Å². The second-order valence-corrected chi connectivity index (χ2v) is 7.51. The van der Waals surface area contributed by atoms with Gasteiger partial charge < -0.3 is 19.9 Å². The van der Waals surface area contributed by atoms with Gasteiger partial charge in [-0.25, -0.2) is 9.59 Å². The predicted molar refractivity (Wildman–Crippen MR) is 124 cm³/mol. The third-order valence-corrected chi connectivity index (χ3v) is 5.35. The molecule has 0 spiro atoms. The predicted octanol–water partition coefficient (Wildman–Crippen LogP) is 4.48. The highest BCUT2D eigenvalue weighted by Gasteiger charge is 2.12. The molecule has 0 aliphatic heterocycles. The van der Waals surface area contributed by atoms with Gasteiger partial charge in [-0.15, -0.1) is 0 Å². The van der Waals surface area contributed by atoms with Gasteiger partial charge in [-0.1, -0.05) is 54.6 Å². The van der Waals surface area contributed by atoms with Crippen molar-refractivity contribution in [3.63, 3.8) is 0 Å². The maximum atomic E-state index is 12.1. The molecule has 4 rings (SSSR count). The summed E-state index contributed by atoms with van der Waals surface area (Å²) in [6.45, 7) is 1.49. The Kier molecular flexibility index (Phi) is 6.51. The summed E-state index contributed by atoms with van der Waals surface area (Å²) in [5.74, 6) is -0.337. The number of benzene rings is 3. The number of hydrogen-bond donors (Lipinski definition) is 2.